The van der Waals surface area contributed by atoms with Crippen molar-refractivity contribution in [3.63, 3.8) is 0 Å². The van der Waals surface area contributed by atoms with Crippen molar-refractivity contribution in [2.24, 2.45) is 0 Å². The second-order valence-corrected chi connectivity index (χ2v) is 4.73. The zero-order valence-corrected chi connectivity index (χ0v) is 11.9. The Hall–Kier alpha value is -2.17. The van der Waals surface area contributed by atoms with Crippen LogP contribution in [-0.2, 0) is 11.3 Å². The van der Waals surface area contributed by atoms with Crippen LogP contribution in [0.25, 0.3) is 0 Å². The highest BCUT2D eigenvalue weighted by Crippen LogP contribution is 2.20. The van der Waals surface area contributed by atoms with Gasteiger partial charge in [0.15, 0.2) is 0 Å². The smallest absolute Gasteiger partial charge is 0.224 e. The predicted molar refractivity (Wildman–Crippen MR) is 76.1 cm³/mol. The summed E-state index contributed by atoms with van der Waals surface area (Å²) < 4.78 is 14.7. The lowest BCUT2D eigenvalue weighted by Crippen LogP contribution is -2.11. The van der Waals surface area contributed by atoms with E-state index in [2.05, 4.69) is 10.4 Å². The third kappa shape index (κ3) is 3.04. The number of carbonyl (C=O) groups is 1. The van der Waals surface area contributed by atoms with Gasteiger partial charge in [0.25, 0.3) is 0 Å². The minimum Gasteiger partial charge on any atom is -0.323 e. The van der Waals surface area contributed by atoms with Gasteiger partial charge in [-0.1, -0.05) is 19.1 Å². The Kier molecular flexibility index (Phi) is 4.17. The summed E-state index contributed by atoms with van der Waals surface area (Å²) >= 11 is 0. The van der Waals surface area contributed by atoms with Gasteiger partial charge in [0, 0.05) is 6.42 Å². The molecule has 1 aromatic heterocycles. The summed E-state index contributed by atoms with van der Waals surface area (Å²) in [4.78, 5) is 11.5. The number of hydrogen-bond donors (Lipinski definition) is 1. The van der Waals surface area contributed by atoms with Crippen LogP contribution >= 0.6 is 0 Å². The number of benzene rings is 1. The van der Waals surface area contributed by atoms with E-state index in [0.717, 1.165) is 22.6 Å². The SMILES string of the molecule is CCC(=O)Nc1c(C)nn(Cc2ccc(F)cc2)c1C. The van der Waals surface area contributed by atoms with Gasteiger partial charge in [0.2, 0.25) is 5.91 Å². The highest BCUT2D eigenvalue weighted by Gasteiger charge is 2.13. The number of nitrogens with one attached hydrogen (secondary N) is 1. The van der Waals surface area contributed by atoms with Gasteiger partial charge in [-0.15, -0.1) is 0 Å². The van der Waals surface area contributed by atoms with Gasteiger partial charge in [-0.25, -0.2) is 4.39 Å². The topological polar surface area (TPSA) is 46.9 Å². The predicted octanol–water partition coefficient (Wildman–Crippen LogP) is 3.04. The van der Waals surface area contributed by atoms with Crippen molar-refractivity contribution in [2.75, 3.05) is 5.32 Å². The summed E-state index contributed by atoms with van der Waals surface area (Å²) in [5.41, 5.74) is 3.41. The van der Waals surface area contributed by atoms with Gasteiger partial charge in [0.1, 0.15) is 5.82 Å². The molecule has 0 radical (unpaired) electrons. The Morgan fingerprint density at radius 1 is 1.30 bits per heavy atom. The van der Waals surface area contributed by atoms with Crippen molar-refractivity contribution >= 4 is 11.6 Å². The molecule has 20 heavy (non-hydrogen) atoms. The van der Waals surface area contributed by atoms with Gasteiger partial charge < -0.3 is 5.32 Å². The fraction of sp³-hybridized carbons (Fsp3) is 0.333. The Labute approximate surface area is 117 Å². The number of nitrogens with zero attached hydrogens (tertiary/aromatic N) is 2. The van der Waals surface area contributed by atoms with Crippen LogP contribution in [0.15, 0.2) is 24.3 Å². The maximum absolute atomic E-state index is 12.9. The molecule has 0 saturated heterocycles. The van der Waals surface area contributed by atoms with Crippen LogP contribution in [0.3, 0.4) is 0 Å². The van der Waals surface area contributed by atoms with E-state index in [-0.39, 0.29) is 11.7 Å². The highest BCUT2D eigenvalue weighted by atomic mass is 19.1. The molecule has 0 unspecified atom stereocenters. The van der Waals surface area contributed by atoms with Crippen LogP contribution in [0.4, 0.5) is 10.1 Å². The lowest BCUT2D eigenvalue weighted by atomic mass is 10.2. The van der Waals surface area contributed by atoms with Crippen LogP contribution in [0.2, 0.25) is 0 Å². The first-order chi connectivity index (χ1) is 9.51. The maximum Gasteiger partial charge on any atom is 0.224 e. The van der Waals surface area contributed by atoms with Crippen molar-refractivity contribution in [1.82, 2.24) is 9.78 Å². The molecular formula is C15H18FN3O. The molecule has 0 fully saturated rings. The third-order valence-corrected chi connectivity index (χ3v) is 3.21. The summed E-state index contributed by atoms with van der Waals surface area (Å²) in [5.74, 6) is -0.282. The second kappa shape index (κ2) is 5.86. The average molecular weight is 275 g/mol. The first-order valence-corrected chi connectivity index (χ1v) is 6.59. The molecule has 4 nitrogen and oxygen atoms in total. The Bertz CT molecular complexity index is 617. The van der Waals surface area contributed by atoms with Gasteiger partial charge in [0.05, 0.1) is 23.6 Å². The van der Waals surface area contributed by atoms with E-state index in [1.165, 1.54) is 12.1 Å². The van der Waals surface area contributed by atoms with Crippen LogP contribution < -0.4 is 5.32 Å². The van der Waals surface area contributed by atoms with E-state index in [1.807, 2.05) is 25.5 Å². The molecule has 1 N–H and O–H groups in total. The molecule has 106 valence electrons. The van der Waals surface area contributed by atoms with Crippen LogP contribution in [0, 0.1) is 19.7 Å². The van der Waals surface area contributed by atoms with Gasteiger partial charge in [-0.3, -0.25) is 9.48 Å². The Morgan fingerprint density at radius 2 is 1.95 bits per heavy atom. The van der Waals surface area contributed by atoms with Gasteiger partial charge in [-0.05, 0) is 31.5 Å². The third-order valence-electron chi connectivity index (χ3n) is 3.21. The average Bonchev–Trinajstić information content (AvgIpc) is 2.69. The van der Waals surface area contributed by atoms with Crippen molar-refractivity contribution in [3.05, 3.63) is 47.0 Å². The normalized spacial score (nSPS) is 10.6. The van der Waals surface area contributed by atoms with Gasteiger partial charge in [-0.2, -0.15) is 5.10 Å². The van der Waals surface area contributed by atoms with Crippen LogP contribution in [0.1, 0.15) is 30.3 Å². The fourth-order valence-electron chi connectivity index (χ4n) is 2.02. The summed E-state index contributed by atoms with van der Waals surface area (Å²) in [6, 6.07) is 6.33. The van der Waals surface area contributed by atoms with Crippen molar-refractivity contribution in [1.29, 1.82) is 0 Å². The molecule has 0 saturated carbocycles. The van der Waals surface area contributed by atoms with Gasteiger partial charge >= 0.3 is 0 Å². The quantitative estimate of drug-likeness (QED) is 0.932. The van der Waals surface area contributed by atoms with E-state index in [9.17, 15) is 9.18 Å². The molecule has 1 aromatic carbocycles. The Morgan fingerprint density at radius 3 is 2.55 bits per heavy atom. The zero-order valence-electron chi connectivity index (χ0n) is 11.9. The van der Waals surface area contributed by atoms with Crippen LogP contribution in [-0.4, -0.2) is 15.7 Å². The lowest BCUT2D eigenvalue weighted by molar-refractivity contribution is -0.115. The van der Waals surface area contributed by atoms with Crippen molar-refractivity contribution in [3.8, 4) is 0 Å². The number of hydrogen-bond acceptors (Lipinski definition) is 2. The molecule has 0 aliphatic rings. The van der Waals surface area contributed by atoms with E-state index < -0.39 is 0 Å². The summed E-state index contributed by atoms with van der Waals surface area (Å²) in [6.45, 7) is 6.13. The van der Waals surface area contributed by atoms with Crippen molar-refractivity contribution in [2.45, 2.75) is 33.7 Å². The van der Waals surface area contributed by atoms with E-state index in [4.69, 9.17) is 0 Å². The van der Waals surface area contributed by atoms with E-state index in [1.54, 1.807) is 12.1 Å². The number of anilines is 1. The molecule has 5 heteroatoms. The molecule has 1 heterocycles. The molecule has 0 aliphatic carbocycles. The van der Waals surface area contributed by atoms with E-state index >= 15 is 0 Å². The Balaban J connectivity index is 2.23. The zero-order chi connectivity index (χ0) is 14.7. The maximum atomic E-state index is 12.9. The number of amides is 1. The minimum atomic E-state index is -0.252. The second-order valence-electron chi connectivity index (χ2n) is 4.73. The molecule has 2 rings (SSSR count). The number of halogens is 1. The molecule has 2 aromatic rings. The molecule has 0 atom stereocenters. The molecule has 0 aliphatic heterocycles. The number of carbonyl (C=O) groups excluding carboxylic acids is 1. The largest absolute Gasteiger partial charge is 0.323 e. The lowest BCUT2D eigenvalue weighted by Gasteiger charge is -2.06. The summed E-state index contributed by atoms with van der Waals surface area (Å²) in [6.07, 6.45) is 0.433. The number of aryl methyl sites for hydroxylation is 1. The number of aromatic nitrogens is 2. The molecule has 0 spiro atoms. The molecule has 0 bridgehead atoms. The first kappa shape index (κ1) is 14.2. The van der Waals surface area contributed by atoms with Crippen molar-refractivity contribution < 1.29 is 9.18 Å². The van der Waals surface area contributed by atoms with E-state index in [0.29, 0.717) is 13.0 Å². The molecular weight excluding hydrogens is 257 g/mol. The summed E-state index contributed by atoms with van der Waals surface area (Å²) in [7, 11) is 0. The summed E-state index contributed by atoms with van der Waals surface area (Å²) in [5, 5.41) is 7.28. The standard InChI is InChI=1S/C15H18FN3O/c1-4-14(20)17-15-10(2)18-19(11(15)3)9-12-5-7-13(16)8-6-12/h5-8H,4,9H2,1-3H3,(H,17,20). The monoisotopic (exact) mass is 275 g/mol. The first-order valence-electron chi connectivity index (χ1n) is 6.59. The fourth-order valence-corrected chi connectivity index (χ4v) is 2.02. The number of rotatable bonds is 4. The highest BCUT2D eigenvalue weighted by molar-refractivity contribution is 5.91. The minimum absolute atomic E-state index is 0.0301. The molecule has 1 amide bonds. The van der Waals surface area contributed by atoms with Crippen LogP contribution in [0.5, 0.6) is 0 Å².